The zero-order chi connectivity index (χ0) is 18.0. The molecule has 0 radical (unpaired) electrons. The van der Waals surface area contributed by atoms with Gasteiger partial charge in [0.15, 0.2) is 0 Å². The molecule has 0 aromatic heterocycles. The van der Waals surface area contributed by atoms with Crippen LogP contribution in [-0.4, -0.2) is 23.3 Å². The van der Waals surface area contributed by atoms with Gasteiger partial charge in [0.25, 0.3) is 5.69 Å². The number of rotatable bonds is 4. The van der Waals surface area contributed by atoms with Crippen molar-refractivity contribution in [1.82, 2.24) is 0 Å². The van der Waals surface area contributed by atoms with Gasteiger partial charge in [-0.25, -0.2) is 4.79 Å². The van der Waals surface area contributed by atoms with E-state index in [0.717, 1.165) is 12.5 Å². The SMILES string of the molecule is O=C(Oc1ccc([N+](=O)[O-])cc1Cl)c1cccc(N2CCCC2=O)c1. The topological polar surface area (TPSA) is 89.8 Å². The summed E-state index contributed by atoms with van der Waals surface area (Å²) in [5.74, 6) is -0.618. The maximum atomic E-state index is 12.3. The molecule has 1 amide bonds. The third-order valence-electron chi connectivity index (χ3n) is 3.80. The van der Waals surface area contributed by atoms with E-state index in [0.29, 0.717) is 18.7 Å². The summed E-state index contributed by atoms with van der Waals surface area (Å²) in [5, 5.41) is 10.7. The molecule has 8 heteroatoms. The van der Waals surface area contributed by atoms with Gasteiger partial charge in [-0.2, -0.15) is 0 Å². The molecule has 128 valence electrons. The molecule has 1 aliphatic heterocycles. The predicted molar refractivity (Wildman–Crippen MR) is 91.1 cm³/mol. The third-order valence-corrected chi connectivity index (χ3v) is 4.09. The Balaban J connectivity index is 1.80. The lowest BCUT2D eigenvalue weighted by Gasteiger charge is -2.16. The molecule has 3 rings (SSSR count). The van der Waals surface area contributed by atoms with Crippen molar-refractivity contribution >= 4 is 34.9 Å². The van der Waals surface area contributed by atoms with Crippen LogP contribution in [0.15, 0.2) is 42.5 Å². The number of amides is 1. The number of ether oxygens (including phenoxy) is 1. The Morgan fingerprint density at radius 3 is 2.68 bits per heavy atom. The minimum Gasteiger partial charge on any atom is -0.421 e. The molecule has 0 spiro atoms. The van der Waals surface area contributed by atoms with E-state index < -0.39 is 10.9 Å². The van der Waals surface area contributed by atoms with E-state index in [-0.39, 0.29) is 27.9 Å². The predicted octanol–water partition coefficient (Wildman–Crippen LogP) is 3.59. The van der Waals surface area contributed by atoms with E-state index in [9.17, 15) is 19.7 Å². The number of nitrogens with zero attached hydrogens (tertiary/aromatic N) is 2. The van der Waals surface area contributed by atoms with Crippen molar-refractivity contribution < 1.29 is 19.2 Å². The van der Waals surface area contributed by atoms with Crippen LogP contribution in [0.5, 0.6) is 5.75 Å². The highest BCUT2D eigenvalue weighted by molar-refractivity contribution is 6.32. The van der Waals surface area contributed by atoms with Crippen molar-refractivity contribution in [2.75, 3.05) is 11.4 Å². The molecular formula is C17H13ClN2O5. The molecule has 0 bridgehead atoms. The lowest BCUT2D eigenvalue weighted by Crippen LogP contribution is -2.24. The summed E-state index contributed by atoms with van der Waals surface area (Å²) in [7, 11) is 0. The maximum Gasteiger partial charge on any atom is 0.343 e. The molecule has 2 aromatic rings. The van der Waals surface area contributed by atoms with Crippen LogP contribution in [0.25, 0.3) is 0 Å². The second kappa shape index (κ2) is 6.90. The fourth-order valence-corrected chi connectivity index (χ4v) is 2.78. The summed E-state index contributed by atoms with van der Waals surface area (Å²) < 4.78 is 5.21. The van der Waals surface area contributed by atoms with E-state index in [1.807, 2.05) is 0 Å². The number of anilines is 1. The molecule has 0 unspecified atom stereocenters. The average molecular weight is 361 g/mol. The minimum atomic E-state index is -0.663. The summed E-state index contributed by atoms with van der Waals surface area (Å²) >= 11 is 5.92. The Labute approximate surface area is 147 Å². The van der Waals surface area contributed by atoms with Gasteiger partial charge in [-0.05, 0) is 30.7 Å². The standard InChI is InChI=1S/C17H13ClN2O5/c18-14-10-13(20(23)24)6-7-15(14)25-17(22)11-3-1-4-12(9-11)19-8-2-5-16(19)21/h1,3-4,6-7,9-10H,2,5,8H2. The number of non-ortho nitro benzene ring substituents is 1. The van der Waals surface area contributed by atoms with E-state index in [1.54, 1.807) is 29.2 Å². The Bertz CT molecular complexity index is 868. The van der Waals surface area contributed by atoms with Crippen LogP contribution in [0, 0.1) is 10.1 Å². The van der Waals surface area contributed by atoms with Gasteiger partial charge in [0, 0.05) is 30.8 Å². The number of esters is 1. The highest BCUT2D eigenvalue weighted by Gasteiger charge is 2.23. The molecule has 0 N–H and O–H groups in total. The molecule has 1 heterocycles. The quantitative estimate of drug-likeness (QED) is 0.359. The van der Waals surface area contributed by atoms with Crippen molar-refractivity contribution in [2.45, 2.75) is 12.8 Å². The molecule has 1 fully saturated rings. The van der Waals surface area contributed by atoms with Crippen molar-refractivity contribution in [2.24, 2.45) is 0 Å². The number of halogens is 1. The summed E-state index contributed by atoms with van der Waals surface area (Å²) in [5.41, 5.74) is 0.692. The van der Waals surface area contributed by atoms with E-state index >= 15 is 0 Å². The van der Waals surface area contributed by atoms with Gasteiger partial charge < -0.3 is 9.64 Å². The molecule has 2 aromatic carbocycles. The van der Waals surface area contributed by atoms with Gasteiger partial charge in [-0.3, -0.25) is 14.9 Å². The average Bonchev–Trinajstić information content (AvgIpc) is 3.02. The second-order valence-electron chi connectivity index (χ2n) is 5.46. The Morgan fingerprint density at radius 2 is 2.04 bits per heavy atom. The molecule has 1 saturated heterocycles. The summed E-state index contributed by atoms with van der Waals surface area (Å²) in [6.45, 7) is 0.617. The first-order valence-corrected chi connectivity index (χ1v) is 7.90. The van der Waals surface area contributed by atoms with Crippen molar-refractivity contribution in [1.29, 1.82) is 0 Å². The molecule has 0 saturated carbocycles. The summed E-state index contributed by atoms with van der Waals surface area (Å²) in [6.07, 6.45) is 1.28. The largest absolute Gasteiger partial charge is 0.421 e. The zero-order valence-electron chi connectivity index (χ0n) is 13.0. The van der Waals surface area contributed by atoms with Gasteiger partial charge in [-0.15, -0.1) is 0 Å². The lowest BCUT2D eigenvalue weighted by atomic mass is 10.2. The van der Waals surface area contributed by atoms with Gasteiger partial charge >= 0.3 is 5.97 Å². The van der Waals surface area contributed by atoms with Gasteiger partial charge in [0.2, 0.25) is 5.91 Å². The van der Waals surface area contributed by atoms with E-state index in [2.05, 4.69) is 0 Å². The molecule has 0 atom stereocenters. The number of carbonyl (C=O) groups excluding carboxylic acids is 2. The first-order chi connectivity index (χ1) is 12.0. The number of hydrogen-bond donors (Lipinski definition) is 0. The summed E-state index contributed by atoms with van der Waals surface area (Å²) in [4.78, 5) is 35.9. The van der Waals surface area contributed by atoms with Crippen LogP contribution >= 0.6 is 11.6 Å². The van der Waals surface area contributed by atoms with Crippen molar-refractivity contribution in [3.05, 3.63) is 63.2 Å². The molecule has 25 heavy (non-hydrogen) atoms. The van der Waals surface area contributed by atoms with Crippen molar-refractivity contribution in [3.8, 4) is 5.75 Å². The second-order valence-corrected chi connectivity index (χ2v) is 5.87. The van der Waals surface area contributed by atoms with Gasteiger partial charge in [-0.1, -0.05) is 17.7 Å². The number of hydrogen-bond acceptors (Lipinski definition) is 5. The van der Waals surface area contributed by atoms with E-state index in [1.165, 1.54) is 12.1 Å². The van der Waals surface area contributed by atoms with Crippen LogP contribution in [-0.2, 0) is 4.79 Å². The third kappa shape index (κ3) is 3.61. The number of nitro groups is 1. The Kier molecular flexibility index (Phi) is 4.67. The Morgan fingerprint density at radius 1 is 1.24 bits per heavy atom. The smallest absolute Gasteiger partial charge is 0.343 e. The van der Waals surface area contributed by atoms with Crippen molar-refractivity contribution in [3.63, 3.8) is 0 Å². The van der Waals surface area contributed by atoms with Crippen LogP contribution in [0.1, 0.15) is 23.2 Å². The first kappa shape index (κ1) is 16.9. The highest BCUT2D eigenvalue weighted by atomic mass is 35.5. The van der Waals surface area contributed by atoms with Gasteiger partial charge in [0.05, 0.1) is 15.5 Å². The van der Waals surface area contributed by atoms with Crippen LogP contribution in [0.3, 0.4) is 0 Å². The zero-order valence-corrected chi connectivity index (χ0v) is 13.7. The molecule has 1 aliphatic rings. The number of carbonyl (C=O) groups is 2. The molecule has 7 nitrogen and oxygen atoms in total. The van der Waals surface area contributed by atoms with Crippen LogP contribution < -0.4 is 9.64 Å². The first-order valence-electron chi connectivity index (χ1n) is 7.52. The fraction of sp³-hybridized carbons (Fsp3) is 0.176. The number of nitro benzene ring substituents is 1. The van der Waals surface area contributed by atoms with Crippen LogP contribution in [0.2, 0.25) is 5.02 Å². The van der Waals surface area contributed by atoms with Gasteiger partial charge in [0.1, 0.15) is 5.75 Å². The Hall–Kier alpha value is -2.93. The fourth-order valence-electron chi connectivity index (χ4n) is 2.57. The summed E-state index contributed by atoms with van der Waals surface area (Å²) in [6, 6.07) is 10.1. The molecular weight excluding hydrogens is 348 g/mol. The highest BCUT2D eigenvalue weighted by Crippen LogP contribution is 2.30. The monoisotopic (exact) mass is 360 g/mol. The normalized spacial score (nSPS) is 13.8. The van der Waals surface area contributed by atoms with Crippen LogP contribution in [0.4, 0.5) is 11.4 Å². The maximum absolute atomic E-state index is 12.3. The lowest BCUT2D eigenvalue weighted by molar-refractivity contribution is -0.384. The minimum absolute atomic E-state index is 0.0175. The molecule has 0 aliphatic carbocycles. The number of benzene rings is 2. The van der Waals surface area contributed by atoms with E-state index in [4.69, 9.17) is 16.3 Å².